The van der Waals surface area contributed by atoms with Crippen LogP contribution in [0.3, 0.4) is 0 Å². The van der Waals surface area contributed by atoms with E-state index >= 15 is 0 Å². The number of nitrogens with zero attached hydrogens (tertiary/aromatic N) is 1. The number of hydrogen-bond acceptors (Lipinski definition) is 3. The minimum atomic E-state index is -0.264. The van der Waals surface area contributed by atoms with Gasteiger partial charge in [-0.15, -0.1) is 0 Å². The number of primary amides is 1. The highest BCUT2D eigenvalue weighted by Gasteiger charge is 2.14. The standard InChI is InChI=1S/C13H21N3O/c1-11(13(15)17)9-16(8-7-14)10-12-5-3-2-4-6-12/h2-6,11H,7-10,14H2,1H3,(H2,15,17). The molecule has 0 radical (unpaired) electrons. The van der Waals surface area contributed by atoms with E-state index in [2.05, 4.69) is 17.0 Å². The molecular formula is C13H21N3O. The van der Waals surface area contributed by atoms with Gasteiger partial charge in [-0.25, -0.2) is 0 Å². The Kier molecular flexibility index (Phi) is 5.66. The van der Waals surface area contributed by atoms with Crippen molar-refractivity contribution in [3.05, 3.63) is 35.9 Å². The van der Waals surface area contributed by atoms with Crippen molar-refractivity contribution in [3.8, 4) is 0 Å². The molecule has 0 aliphatic rings. The second-order valence-electron chi connectivity index (χ2n) is 4.31. The molecule has 4 N–H and O–H groups in total. The number of benzene rings is 1. The molecule has 0 spiro atoms. The Morgan fingerprint density at radius 3 is 2.53 bits per heavy atom. The van der Waals surface area contributed by atoms with Crippen LogP contribution in [0.2, 0.25) is 0 Å². The summed E-state index contributed by atoms with van der Waals surface area (Å²) in [4.78, 5) is 13.2. The first-order valence-corrected chi connectivity index (χ1v) is 5.89. The van der Waals surface area contributed by atoms with Crippen molar-refractivity contribution in [2.45, 2.75) is 13.5 Å². The Morgan fingerprint density at radius 2 is 2.00 bits per heavy atom. The molecular weight excluding hydrogens is 214 g/mol. The van der Waals surface area contributed by atoms with E-state index in [4.69, 9.17) is 11.5 Å². The highest BCUT2D eigenvalue weighted by atomic mass is 16.1. The van der Waals surface area contributed by atoms with Gasteiger partial charge in [0.05, 0.1) is 0 Å². The second kappa shape index (κ2) is 7.04. The zero-order valence-corrected chi connectivity index (χ0v) is 10.3. The lowest BCUT2D eigenvalue weighted by atomic mass is 10.1. The summed E-state index contributed by atoms with van der Waals surface area (Å²) in [6, 6.07) is 10.1. The van der Waals surface area contributed by atoms with Gasteiger partial charge < -0.3 is 11.5 Å². The molecule has 4 nitrogen and oxygen atoms in total. The van der Waals surface area contributed by atoms with Crippen LogP contribution in [-0.2, 0) is 11.3 Å². The maximum Gasteiger partial charge on any atom is 0.221 e. The van der Waals surface area contributed by atoms with Gasteiger partial charge >= 0.3 is 0 Å². The van der Waals surface area contributed by atoms with E-state index in [1.807, 2.05) is 25.1 Å². The molecule has 17 heavy (non-hydrogen) atoms. The summed E-state index contributed by atoms with van der Waals surface area (Å²) in [5.41, 5.74) is 12.1. The summed E-state index contributed by atoms with van der Waals surface area (Å²) in [6.07, 6.45) is 0. The van der Waals surface area contributed by atoms with Gasteiger partial charge in [0.1, 0.15) is 0 Å². The predicted molar refractivity (Wildman–Crippen MR) is 69.1 cm³/mol. The van der Waals surface area contributed by atoms with Crippen molar-refractivity contribution < 1.29 is 4.79 Å². The van der Waals surface area contributed by atoms with Crippen molar-refractivity contribution in [1.82, 2.24) is 4.90 Å². The Morgan fingerprint density at radius 1 is 1.35 bits per heavy atom. The van der Waals surface area contributed by atoms with Gasteiger partial charge in [0.15, 0.2) is 0 Å². The SMILES string of the molecule is CC(CN(CCN)Cc1ccccc1)C(N)=O. The van der Waals surface area contributed by atoms with Crippen LogP contribution in [0, 0.1) is 5.92 Å². The molecule has 1 aromatic carbocycles. The van der Waals surface area contributed by atoms with Crippen LogP contribution >= 0.6 is 0 Å². The van der Waals surface area contributed by atoms with Gasteiger partial charge in [-0.1, -0.05) is 37.3 Å². The number of carbonyl (C=O) groups excluding carboxylic acids is 1. The summed E-state index contributed by atoms with van der Waals surface area (Å²) < 4.78 is 0. The van der Waals surface area contributed by atoms with Gasteiger partial charge in [-0.05, 0) is 5.56 Å². The third-order valence-electron chi connectivity index (χ3n) is 2.71. The average molecular weight is 235 g/mol. The first-order chi connectivity index (χ1) is 8.13. The van der Waals surface area contributed by atoms with Gasteiger partial charge in [-0.2, -0.15) is 0 Å². The van der Waals surface area contributed by atoms with Crippen molar-refractivity contribution in [1.29, 1.82) is 0 Å². The van der Waals surface area contributed by atoms with Crippen LogP contribution in [0.1, 0.15) is 12.5 Å². The van der Waals surface area contributed by atoms with Crippen LogP contribution in [0.15, 0.2) is 30.3 Å². The first kappa shape index (κ1) is 13.7. The zero-order chi connectivity index (χ0) is 12.7. The summed E-state index contributed by atoms with van der Waals surface area (Å²) in [5.74, 6) is -0.412. The van der Waals surface area contributed by atoms with Gasteiger partial charge in [0, 0.05) is 32.1 Å². The molecule has 0 saturated carbocycles. The number of hydrogen-bond donors (Lipinski definition) is 2. The van der Waals surface area contributed by atoms with Gasteiger partial charge in [0.2, 0.25) is 5.91 Å². The van der Waals surface area contributed by atoms with E-state index in [1.165, 1.54) is 5.56 Å². The summed E-state index contributed by atoms with van der Waals surface area (Å²) in [5, 5.41) is 0. The lowest BCUT2D eigenvalue weighted by Crippen LogP contribution is -2.37. The van der Waals surface area contributed by atoms with Crippen LogP contribution in [0.5, 0.6) is 0 Å². The van der Waals surface area contributed by atoms with Crippen molar-refractivity contribution in [2.75, 3.05) is 19.6 Å². The molecule has 1 unspecified atom stereocenters. The predicted octanol–water partition coefficient (Wildman–Crippen LogP) is 0.569. The lowest BCUT2D eigenvalue weighted by molar-refractivity contribution is -0.121. The number of rotatable bonds is 7. The van der Waals surface area contributed by atoms with Gasteiger partial charge in [0.25, 0.3) is 0 Å². The number of amides is 1. The Bertz CT molecular complexity index is 340. The van der Waals surface area contributed by atoms with Crippen molar-refractivity contribution >= 4 is 5.91 Å². The Hall–Kier alpha value is -1.39. The van der Waals surface area contributed by atoms with Crippen LogP contribution < -0.4 is 11.5 Å². The monoisotopic (exact) mass is 235 g/mol. The van der Waals surface area contributed by atoms with Crippen molar-refractivity contribution in [3.63, 3.8) is 0 Å². The smallest absolute Gasteiger partial charge is 0.221 e. The fraction of sp³-hybridized carbons (Fsp3) is 0.462. The minimum absolute atomic E-state index is 0.148. The maximum atomic E-state index is 11.1. The summed E-state index contributed by atoms with van der Waals surface area (Å²) in [7, 11) is 0. The van der Waals surface area contributed by atoms with Crippen LogP contribution in [0.25, 0.3) is 0 Å². The molecule has 0 aliphatic carbocycles. The van der Waals surface area contributed by atoms with E-state index < -0.39 is 0 Å². The largest absolute Gasteiger partial charge is 0.369 e. The Labute approximate surface area is 103 Å². The third-order valence-corrected chi connectivity index (χ3v) is 2.71. The molecule has 1 rings (SSSR count). The van der Waals surface area contributed by atoms with E-state index in [9.17, 15) is 4.79 Å². The summed E-state index contributed by atoms with van der Waals surface area (Å²) >= 11 is 0. The van der Waals surface area contributed by atoms with Crippen LogP contribution in [0.4, 0.5) is 0 Å². The quantitative estimate of drug-likeness (QED) is 0.725. The molecule has 0 fully saturated rings. The molecule has 1 atom stereocenters. The lowest BCUT2D eigenvalue weighted by Gasteiger charge is -2.23. The normalized spacial score (nSPS) is 12.6. The molecule has 1 amide bonds. The molecule has 0 aromatic heterocycles. The molecule has 4 heteroatoms. The molecule has 0 aliphatic heterocycles. The third kappa shape index (κ3) is 4.97. The highest BCUT2D eigenvalue weighted by molar-refractivity contribution is 5.76. The first-order valence-electron chi connectivity index (χ1n) is 5.89. The molecule has 0 saturated heterocycles. The summed E-state index contributed by atoms with van der Waals surface area (Å²) in [6.45, 7) is 4.65. The Balaban J connectivity index is 2.57. The van der Waals surface area contributed by atoms with Crippen molar-refractivity contribution in [2.24, 2.45) is 17.4 Å². The fourth-order valence-corrected chi connectivity index (χ4v) is 1.74. The maximum absolute atomic E-state index is 11.1. The topological polar surface area (TPSA) is 72.3 Å². The average Bonchev–Trinajstić information content (AvgIpc) is 2.30. The minimum Gasteiger partial charge on any atom is -0.369 e. The molecule has 94 valence electrons. The zero-order valence-electron chi connectivity index (χ0n) is 10.3. The molecule has 1 aromatic rings. The van der Waals surface area contributed by atoms with E-state index in [-0.39, 0.29) is 11.8 Å². The number of nitrogens with two attached hydrogens (primary N) is 2. The molecule has 0 heterocycles. The fourth-order valence-electron chi connectivity index (χ4n) is 1.74. The van der Waals surface area contributed by atoms with E-state index in [0.29, 0.717) is 13.1 Å². The van der Waals surface area contributed by atoms with Crippen LogP contribution in [-0.4, -0.2) is 30.4 Å². The van der Waals surface area contributed by atoms with E-state index in [0.717, 1.165) is 13.1 Å². The highest BCUT2D eigenvalue weighted by Crippen LogP contribution is 2.06. The molecule has 0 bridgehead atoms. The second-order valence-corrected chi connectivity index (χ2v) is 4.31. The van der Waals surface area contributed by atoms with Gasteiger partial charge in [-0.3, -0.25) is 9.69 Å². The number of carbonyl (C=O) groups is 1. The van der Waals surface area contributed by atoms with E-state index in [1.54, 1.807) is 0 Å².